The predicted molar refractivity (Wildman–Crippen MR) is 69.1 cm³/mol. The maximum Gasteiger partial charge on any atom is 0.339 e. The van der Waals surface area contributed by atoms with Gasteiger partial charge < -0.3 is 9.84 Å². The van der Waals surface area contributed by atoms with Crippen molar-refractivity contribution in [3.05, 3.63) is 64.2 Å². The fourth-order valence-corrected chi connectivity index (χ4v) is 1.80. The highest BCUT2D eigenvalue weighted by Crippen LogP contribution is 2.25. The van der Waals surface area contributed by atoms with Gasteiger partial charge in [0.15, 0.2) is 11.6 Å². The van der Waals surface area contributed by atoms with Crippen LogP contribution in [0.5, 0.6) is 5.75 Å². The van der Waals surface area contributed by atoms with Crippen LogP contribution in [-0.4, -0.2) is 11.1 Å². The number of carboxylic acids is 1. The molecule has 0 unspecified atom stereocenters. The lowest BCUT2D eigenvalue weighted by molar-refractivity contribution is 0.0690. The Hall–Kier alpha value is -2.14. The smallest absolute Gasteiger partial charge is 0.339 e. The van der Waals surface area contributed by atoms with Crippen LogP contribution in [0.3, 0.4) is 0 Å². The molecule has 0 fully saturated rings. The second kappa shape index (κ2) is 5.88. The van der Waals surface area contributed by atoms with Gasteiger partial charge in [0.1, 0.15) is 18.0 Å². The molecule has 0 aromatic heterocycles. The third-order valence-corrected chi connectivity index (χ3v) is 2.95. The molecule has 0 heterocycles. The zero-order valence-corrected chi connectivity index (χ0v) is 10.8. The summed E-state index contributed by atoms with van der Waals surface area (Å²) in [6, 6.07) is 7.22. The fraction of sp³-hybridized carbons (Fsp3) is 0.0714. The Labute approximate surface area is 118 Å². The Bertz CT molecular complexity index is 659. The summed E-state index contributed by atoms with van der Waals surface area (Å²) in [6.07, 6.45) is 0. The van der Waals surface area contributed by atoms with Crippen molar-refractivity contribution in [1.82, 2.24) is 0 Å². The highest BCUT2D eigenvalue weighted by atomic mass is 35.5. The average Bonchev–Trinajstić information content (AvgIpc) is 2.40. The van der Waals surface area contributed by atoms with Crippen LogP contribution >= 0.6 is 11.6 Å². The third kappa shape index (κ3) is 3.05. The van der Waals surface area contributed by atoms with Crippen LogP contribution in [0.15, 0.2) is 36.4 Å². The first-order valence-corrected chi connectivity index (χ1v) is 5.95. The van der Waals surface area contributed by atoms with Gasteiger partial charge >= 0.3 is 5.97 Å². The quantitative estimate of drug-likeness (QED) is 0.931. The van der Waals surface area contributed by atoms with Crippen LogP contribution in [0.4, 0.5) is 8.78 Å². The van der Waals surface area contributed by atoms with Crippen LogP contribution in [0.1, 0.15) is 15.9 Å². The molecule has 0 amide bonds. The van der Waals surface area contributed by atoms with E-state index >= 15 is 0 Å². The van der Waals surface area contributed by atoms with Gasteiger partial charge in [0.05, 0.1) is 0 Å². The summed E-state index contributed by atoms with van der Waals surface area (Å²) >= 11 is 5.85. The SMILES string of the molecule is O=C(O)c1cccc(F)c1OCc1cc(F)ccc1Cl. The topological polar surface area (TPSA) is 46.5 Å². The number of ether oxygens (including phenoxy) is 1. The first-order chi connectivity index (χ1) is 9.49. The number of benzene rings is 2. The highest BCUT2D eigenvalue weighted by molar-refractivity contribution is 6.31. The summed E-state index contributed by atoms with van der Waals surface area (Å²) < 4.78 is 31.8. The molecular weight excluding hydrogens is 290 g/mol. The van der Waals surface area contributed by atoms with E-state index < -0.39 is 23.4 Å². The molecule has 0 aliphatic carbocycles. The minimum atomic E-state index is -1.31. The number of hydrogen-bond donors (Lipinski definition) is 1. The molecular formula is C14H9ClF2O3. The molecule has 0 spiro atoms. The van der Waals surface area contributed by atoms with Crippen LogP contribution in [0.25, 0.3) is 0 Å². The van der Waals surface area contributed by atoms with E-state index in [2.05, 4.69) is 0 Å². The first-order valence-electron chi connectivity index (χ1n) is 5.57. The summed E-state index contributed by atoms with van der Waals surface area (Å²) in [6.45, 7) is -0.238. The molecule has 2 aromatic rings. The second-order valence-corrected chi connectivity index (χ2v) is 4.35. The third-order valence-electron chi connectivity index (χ3n) is 2.58. The molecule has 0 atom stereocenters. The molecule has 0 bridgehead atoms. The van der Waals surface area contributed by atoms with Crippen molar-refractivity contribution >= 4 is 17.6 Å². The van der Waals surface area contributed by atoms with E-state index in [1.165, 1.54) is 24.3 Å². The van der Waals surface area contributed by atoms with E-state index in [1.807, 2.05) is 0 Å². The Morgan fingerprint density at radius 2 is 2.00 bits per heavy atom. The number of hydrogen-bond acceptors (Lipinski definition) is 2. The van der Waals surface area contributed by atoms with E-state index in [0.29, 0.717) is 5.56 Å². The van der Waals surface area contributed by atoms with Gasteiger partial charge in [-0.15, -0.1) is 0 Å². The van der Waals surface area contributed by atoms with Gasteiger partial charge in [0.25, 0.3) is 0 Å². The van der Waals surface area contributed by atoms with E-state index in [9.17, 15) is 13.6 Å². The van der Waals surface area contributed by atoms with Gasteiger partial charge in [0, 0.05) is 10.6 Å². The summed E-state index contributed by atoms with van der Waals surface area (Å²) in [5.41, 5.74) is -0.0104. The lowest BCUT2D eigenvalue weighted by Crippen LogP contribution is -2.05. The van der Waals surface area contributed by atoms with Crippen LogP contribution < -0.4 is 4.74 Å². The van der Waals surface area contributed by atoms with Crippen molar-refractivity contribution in [3.63, 3.8) is 0 Å². The monoisotopic (exact) mass is 298 g/mol. The maximum atomic E-state index is 13.6. The Balaban J connectivity index is 2.27. The van der Waals surface area contributed by atoms with E-state index in [0.717, 1.165) is 12.1 Å². The van der Waals surface area contributed by atoms with Gasteiger partial charge in [-0.05, 0) is 30.3 Å². The molecule has 0 aliphatic rings. The molecule has 6 heteroatoms. The van der Waals surface area contributed by atoms with Crippen molar-refractivity contribution < 1.29 is 23.4 Å². The number of halogens is 3. The van der Waals surface area contributed by atoms with Crippen LogP contribution in [0, 0.1) is 11.6 Å². The van der Waals surface area contributed by atoms with E-state index in [1.54, 1.807) is 0 Å². The standard InChI is InChI=1S/C14H9ClF2O3/c15-11-5-4-9(16)6-8(11)7-20-13-10(14(18)19)2-1-3-12(13)17/h1-6H,7H2,(H,18,19). The van der Waals surface area contributed by atoms with E-state index in [4.69, 9.17) is 21.4 Å². The summed E-state index contributed by atoms with van der Waals surface area (Å²) in [5.74, 6) is -3.04. The van der Waals surface area contributed by atoms with Crippen LogP contribution in [0.2, 0.25) is 5.02 Å². The molecule has 2 aromatic carbocycles. The summed E-state index contributed by atoms with van der Waals surface area (Å²) in [4.78, 5) is 11.0. The molecule has 0 saturated carbocycles. The summed E-state index contributed by atoms with van der Waals surface area (Å²) in [7, 11) is 0. The molecule has 2 rings (SSSR count). The first kappa shape index (κ1) is 14.3. The van der Waals surface area contributed by atoms with Crippen molar-refractivity contribution in [2.24, 2.45) is 0 Å². The average molecular weight is 299 g/mol. The van der Waals surface area contributed by atoms with Crippen molar-refractivity contribution in [2.45, 2.75) is 6.61 Å². The maximum absolute atomic E-state index is 13.6. The Kier molecular flexibility index (Phi) is 4.20. The molecule has 0 aliphatic heterocycles. The molecule has 20 heavy (non-hydrogen) atoms. The largest absolute Gasteiger partial charge is 0.485 e. The van der Waals surface area contributed by atoms with Crippen molar-refractivity contribution in [1.29, 1.82) is 0 Å². The normalized spacial score (nSPS) is 10.3. The van der Waals surface area contributed by atoms with Gasteiger partial charge in [-0.3, -0.25) is 0 Å². The second-order valence-electron chi connectivity index (χ2n) is 3.95. The summed E-state index contributed by atoms with van der Waals surface area (Å²) in [5, 5.41) is 9.20. The van der Waals surface area contributed by atoms with Gasteiger partial charge in [-0.1, -0.05) is 17.7 Å². The fourth-order valence-electron chi connectivity index (χ4n) is 1.63. The minimum absolute atomic E-state index is 0.238. The van der Waals surface area contributed by atoms with Crippen LogP contribution in [-0.2, 0) is 6.61 Å². The van der Waals surface area contributed by atoms with Gasteiger partial charge in [-0.2, -0.15) is 0 Å². The Morgan fingerprint density at radius 3 is 2.70 bits per heavy atom. The molecule has 0 radical (unpaired) electrons. The number of aromatic carboxylic acids is 1. The minimum Gasteiger partial charge on any atom is -0.485 e. The van der Waals surface area contributed by atoms with E-state index in [-0.39, 0.29) is 17.2 Å². The highest BCUT2D eigenvalue weighted by Gasteiger charge is 2.16. The number of rotatable bonds is 4. The molecule has 104 valence electrons. The lowest BCUT2D eigenvalue weighted by atomic mass is 10.2. The lowest BCUT2D eigenvalue weighted by Gasteiger charge is -2.11. The zero-order chi connectivity index (χ0) is 14.7. The molecule has 1 N–H and O–H groups in total. The molecule has 0 saturated heterocycles. The Morgan fingerprint density at radius 1 is 1.25 bits per heavy atom. The number of carbonyl (C=O) groups is 1. The zero-order valence-electron chi connectivity index (χ0n) is 10.1. The van der Waals surface area contributed by atoms with Crippen molar-refractivity contribution in [2.75, 3.05) is 0 Å². The number of para-hydroxylation sites is 1. The van der Waals surface area contributed by atoms with Crippen molar-refractivity contribution in [3.8, 4) is 5.75 Å². The van der Waals surface area contributed by atoms with Gasteiger partial charge in [-0.25, -0.2) is 13.6 Å². The van der Waals surface area contributed by atoms with Gasteiger partial charge in [0.2, 0.25) is 0 Å². The molecule has 3 nitrogen and oxygen atoms in total. The number of carboxylic acid groups (broad SMARTS) is 1. The predicted octanol–water partition coefficient (Wildman–Crippen LogP) is 3.90.